The summed E-state index contributed by atoms with van der Waals surface area (Å²) in [4.78, 5) is 40.7. The van der Waals surface area contributed by atoms with Crippen LogP contribution in [0.5, 0.6) is 5.75 Å². The minimum atomic E-state index is -3.99. The summed E-state index contributed by atoms with van der Waals surface area (Å²) < 4.78 is 140. The molecule has 1 amide bonds. The van der Waals surface area contributed by atoms with Crippen LogP contribution in [0.25, 0.3) is 27.3 Å². The van der Waals surface area contributed by atoms with Gasteiger partial charge in [-0.05, 0) is 32.1 Å². The number of ketones is 1. The molecule has 1 fully saturated rings. The Morgan fingerprint density at radius 1 is 1.24 bits per heavy atom. The van der Waals surface area contributed by atoms with Gasteiger partial charge in [-0.3, -0.25) is 9.59 Å². The molecule has 3 aromatic heterocycles. The van der Waals surface area contributed by atoms with Crippen LogP contribution in [-0.4, -0.2) is 61.4 Å². The quantitative estimate of drug-likeness (QED) is 0.247. The Bertz CT molecular complexity index is 2260. The van der Waals surface area contributed by atoms with E-state index >= 15 is 0 Å². The van der Waals surface area contributed by atoms with Crippen LogP contribution in [0.15, 0.2) is 48.4 Å². The number of benzene rings is 1. The number of piperidine rings is 1. The number of amides is 1. The fraction of sp³-hybridized carbons (Fsp3) is 0.259. The molecule has 186 valence electrons. The lowest BCUT2D eigenvalue weighted by atomic mass is 9.97. The van der Waals surface area contributed by atoms with E-state index in [2.05, 4.69) is 24.9 Å². The highest BCUT2D eigenvalue weighted by Gasteiger charge is 2.30. The summed E-state index contributed by atoms with van der Waals surface area (Å²) in [6, 6.07) is -3.19. The summed E-state index contributed by atoms with van der Waals surface area (Å²) in [5.74, 6) is -5.09. The molecule has 0 spiro atoms. The van der Waals surface area contributed by atoms with Crippen LogP contribution in [0.2, 0.25) is 0 Å². The fourth-order valence-corrected chi connectivity index (χ4v) is 3.38. The van der Waals surface area contributed by atoms with Gasteiger partial charge in [-0.1, -0.05) is 35.3 Å². The van der Waals surface area contributed by atoms with Crippen molar-refractivity contribution in [2.75, 3.05) is 20.1 Å². The first kappa shape index (κ1) is 11.5. The van der Waals surface area contributed by atoms with Gasteiger partial charge in [-0.15, -0.1) is 0 Å². The number of nitrogens with one attached hydrogen (secondary N) is 1. The number of pyridine rings is 1. The van der Waals surface area contributed by atoms with E-state index in [1.807, 2.05) is 0 Å². The number of aromatic nitrogens is 5. The number of hydrogen-bond acceptors (Lipinski definition) is 6. The summed E-state index contributed by atoms with van der Waals surface area (Å²) >= 11 is 0. The van der Waals surface area contributed by atoms with E-state index < -0.39 is 108 Å². The number of aromatic amines is 1. The predicted octanol–water partition coefficient (Wildman–Crippen LogP) is 3.90. The van der Waals surface area contributed by atoms with Crippen molar-refractivity contribution in [1.29, 1.82) is 0 Å². The second-order valence-electron chi connectivity index (χ2n) is 7.33. The highest BCUT2D eigenvalue weighted by atomic mass is 16.5. The van der Waals surface area contributed by atoms with Crippen LogP contribution in [0.3, 0.4) is 0 Å². The molecule has 5 rings (SSSR count). The molecule has 1 saturated heterocycles. The molecule has 1 aliphatic heterocycles. The molecule has 1 N–H and O–H groups in total. The summed E-state index contributed by atoms with van der Waals surface area (Å²) in [6.07, 6.45) is -6.57. The molecule has 10 heteroatoms. The maximum Gasteiger partial charge on any atom is 0.295 e. The molecular weight excluding hydrogens is 470 g/mol. The maximum atomic E-state index is 14.0. The zero-order chi connectivity index (χ0) is 40.1. The lowest BCUT2D eigenvalue weighted by molar-refractivity contribution is -0.126. The number of rotatable bonds is 5. The molecule has 37 heavy (non-hydrogen) atoms. The lowest BCUT2D eigenvalue weighted by Crippen LogP contribution is -2.40. The van der Waals surface area contributed by atoms with Gasteiger partial charge in [-0.25, -0.2) is 19.5 Å². The number of likely N-dealkylation sites (tertiary alicyclic amines) is 1. The first-order valence-electron chi connectivity index (χ1n) is 18.3. The standard InChI is InChI=1S/C27H25N7O3/c1-16-5-7-18(8-6-16)23(28-3)19-9-11-33(12-10-19)27(36)25(35)20-13-29-24-22(20)21(37-4)14-30-26(24)34-15-31-17(2)32-34/h5-8,13-15,29H,9-12H2,1-2,4H3/i2D3,5D,6D,7D,8D,9D2,10D2,11D2,12D2,15D. The van der Waals surface area contributed by atoms with Crippen molar-refractivity contribution >= 4 is 28.3 Å². The average Bonchev–Trinajstić information content (AvgIpc) is 3.68. The van der Waals surface area contributed by atoms with Gasteiger partial charge in [0.25, 0.3) is 11.7 Å². The number of hydrogen-bond donors (Lipinski definition) is 1. The Hall–Kier alpha value is -4.78. The molecule has 10 nitrogen and oxygen atoms in total. The zero-order valence-electron chi connectivity index (χ0n) is 35.1. The third-order valence-corrected chi connectivity index (χ3v) is 5.08. The second kappa shape index (κ2) is 9.70. The van der Waals surface area contributed by atoms with E-state index in [0.29, 0.717) is 4.68 Å². The van der Waals surface area contributed by atoms with Crippen molar-refractivity contribution in [3.63, 3.8) is 0 Å². The first-order valence-corrected chi connectivity index (χ1v) is 10.3. The van der Waals surface area contributed by atoms with E-state index in [1.165, 1.54) is 6.92 Å². The first-order chi connectivity index (χ1) is 24.2. The molecule has 4 aromatic rings. The molecule has 0 bridgehead atoms. The lowest BCUT2D eigenvalue weighted by Gasteiger charge is -2.28. The van der Waals surface area contributed by atoms with E-state index in [4.69, 9.17) is 33.2 Å². The molecule has 4 heterocycles. The number of fused-ring (bicyclic) bond motifs is 1. The van der Waals surface area contributed by atoms with Gasteiger partial charge in [-0.2, -0.15) is 5.10 Å². The van der Waals surface area contributed by atoms with Crippen molar-refractivity contribution in [2.24, 2.45) is 0 Å². The zero-order valence-corrected chi connectivity index (χ0v) is 19.1. The van der Waals surface area contributed by atoms with E-state index in [0.717, 1.165) is 19.5 Å². The van der Waals surface area contributed by atoms with Gasteiger partial charge in [0.05, 0.1) is 41.8 Å². The van der Waals surface area contributed by atoms with Gasteiger partial charge in [0.2, 0.25) is 0 Å². The Morgan fingerprint density at radius 2 is 2.00 bits per heavy atom. The Balaban J connectivity index is 1.71. The monoisotopic (exact) mass is 511 g/mol. The summed E-state index contributed by atoms with van der Waals surface area (Å²) in [5, 5.41) is 3.50. The van der Waals surface area contributed by atoms with Crippen LogP contribution in [0, 0.1) is 20.3 Å². The van der Waals surface area contributed by atoms with Gasteiger partial charge in [0, 0.05) is 34.3 Å². The van der Waals surface area contributed by atoms with Gasteiger partial charge in [0.15, 0.2) is 11.5 Å². The molecule has 0 radical (unpaired) electrons. The molecule has 1 aromatic carbocycles. The van der Waals surface area contributed by atoms with Crippen LogP contribution >= 0.6 is 0 Å². The number of Topliss-reactive ketones (excluding diaryl/α,β-unsaturated/α-hetero) is 1. The molecule has 0 atom stereocenters. The Morgan fingerprint density at radius 3 is 2.65 bits per heavy atom. The molecule has 0 unspecified atom stereocenters. The Labute approximate surface area is 235 Å². The minimum absolute atomic E-state index is 0.174. The normalized spacial score (nSPS) is 25.5. The van der Waals surface area contributed by atoms with Crippen molar-refractivity contribution in [3.05, 3.63) is 82.4 Å². The average molecular weight is 512 g/mol. The van der Waals surface area contributed by atoms with Crippen LogP contribution in [0.1, 0.15) is 62.0 Å². The van der Waals surface area contributed by atoms with Gasteiger partial charge < -0.3 is 14.6 Å². The van der Waals surface area contributed by atoms with Crippen LogP contribution in [-0.2, 0) is 4.79 Å². The Kier molecular flexibility index (Phi) is 3.02. The largest absolute Gasteiger partial charge is 0.494 e. The fourth-order valence-electron chi connectivity index (χ4n) is 3.38. The number of carbonyl (C=O) groups is 2. The third kappa shape index (κ3) is 4.36. The second-order valence-corrected chi connectivity index (χ2v) is 7.33. The predicted molar refractivity (Wildman–Crippen MR) is 137 cm³/mol. The number of aryl methyl sites for hydroxylation is 1. The number of methoxy groups -OCH3 is 1. The van der Waals surface area contributed by atoms with E-state index in [9.17, 15) is 9.59 Å². The van der Waals surface area contributed by atoms with Crippen molar-refractivity contribution in [3.8, 4) is 11.6 Å². The summed E-state index contributed by atoms with van der Waals surface area (Å²) in [5.41, 5.74) is -4.81. The van der Waals surface area contributed by atoms with E-state index in [1.54, 1.807) is 0 Å². The number of H-pyrrole nitrogens is 1. The number of carbonyl (C=O) groups excluding carboxylic acids is 2. The van der Waals surface area contributed by atoms with Gasteiger partial charge >= 0.3 is 0 Å². The summed E-state index contributed by atoms with van der Waals surface area (Å²) in [7, 11) is 1.14. The van der Waals surface area contributed by atoms with Crippen molar-refractivity contribution < 1.29 is 36.3 Å². The molecule has 1 aliphatic rings. The maximum absolute atomic E-state index is 14.0. The highest BCUT2D eigenvalue weighted by molar-refractivity contribution is 6.45. The SMILES string of the molecule is [2H]c1c([2H])c(C([N+]#[C-])=C2C([2H])([2H])C([2H])([2H])N(C(=O)C(=O)c3c[nH]c4c(-n5nc(C([2H])([2H])[2H])nc5[2H])ncc(OC)c34)C([2H])([2H])C2([2H])[2H])c([2H])c([2H])c1C. The minimum Gasteiger partial charge on any atom is -0.494 e. The number of nitrogens with zero attached hydrogens (tertiary/aromatic N) is 6. The molecule has 0 saturated carbocycles. The number of ether oxygens (including phenoxy) is 1. The molecular formula is C27H25N7O3. The van der Waals surface area contributed by atoms with Gasteiger partial charge in [0.1, 0.15) is 19.2 Å². The smallest absolute Gasteiger partial charge is 0.295 e. The van der Waals surface area contributed by atoms with Crippen molar-refractivity contribution in [2.45, 2.75) is 26.5 Å². The molecule has 0 aliphatic carbocycles. The summed E-state index contributed by atoms with van der Waals surface area (Å²) in [6.45, 7) is -1.81. The van der Waals surface area contributed by atoms with E-state index in [-0.39, 0.29) is 28.0 Å². The highest BCUT2D eigenvalue weighted by Crippen LogP contribution is 2.33. The van der Waals surface area contributed by atoms with Crippen LogP contribution in [0.4, 0.5) is 0 Å². The van der Waals surface area contributed by atoms with Crippen LogP contribution < -0.4 is 4.74 Å². The third-order valence-electron chi connectivity index (χ3n) is 5.08. The topological polar surface area (TPSA) is 110 Å². The van der Waals surface area contributed by atoms with Crippen molar-refractivity contribution in [1.82, 2.24) is 29.6 Å².